The Morgan fingerprint density at radius 1 is 1.11 bits per heavy atom. The van der Waals surface area contributed by atoms with Crippen LogP contribution in [0, 0.1) is 23.7 Å². The average molecular weight is 493 g/mol. The van der Waals surface area contributed by atoms with Crippen LogP contribution in [0.3, 0.4) is 0 Å². The largest absolute Gasteiger partial charge is 0.449 e. The standard InChI is InChI=1S/C27H52N6O2/c1-19(2)33-26-23(16-29-33)25(31-27(34)35-18-20-8-5-4-6-9-20)15-24(30-26)22-11-7-10-21(14-22)17-32(3)13-12-28/h19-26,29-30H,4-18,28H2,1-3H3,(H,31,34). The Hall–Kier alpha value is -0.930. The molecule has 0 aromatic rings. The summed E-state index contributed by atoms with van der Waals surface area (Å²) in [5.74, 6) is 2.29. The average Bonchev–Trinajstić information content (AvgIpc) is 3.28. The zero-order valence-electron chi connectivity index (χ0n) is 22.5. The number of hydrogen-bond acceptors (Lipinski definition) is 7. The number of nitrogens with one attached hydrogen (secondary N) is 3. The Labute approximate surface area is 213 Å². The van der Waals surface area contributed by atoms with E-state index in [-0.39, 0.29) is 18.3 Å². The maximum Gasteiger partial charge on any atom is 0.407 e. The van der Waals surface area contributed by atoms with Crippen LogP contribution in [0.5, 0.6) is 0 Å². The van der Waals surface area contributed by atoms with Gasteiger partial charge in [-0.1, -0.05) is 25.7 Å². The topological polar surface area (TPSA) is 94.9 Å². The molecule has 6 unspecified atom stereocenters. The number of ether oxygens (including phenoxy) is 1. The fraction of sp³-hybridized carbons (Fsp3) is 0.963. The number of nitrogens with zero attached hydrogens (tertiary/aromatic N) is 2. The van der Waals surface area contributed by atoms with Gasteiger partial charge in [-0.3, -0.25) is 10.7 Å². The quantitative estimate of drug-likeness (QED) is 0.393. The SMILES string of the molecule is CC(C)N1NCC2C(NC(=O)OCC3CCCCC3)CC(C3CCCC(CN(C)CCN)C3)NC21. The predicted octanol–water partition coefficient (Wildman–Crippen LogP) is 2.89. The fourth-order valence-corrected chi connectivity index (χ4v) is 7.28. The molecule has 4 fully saturated rings. The van der Waals surface area contributed by atoms with Gasteiger partial charge in [-0.25, -0.2) is 9.80 Å². The minimum Gasteiger partial charge on any atom is -0.449 e. The molecule has 202 valence electrons. The van der Waals surface area contributed by atoms with E-state index in [9.17, 15) is 4.79 Å². The molecular formula is C27H52N6O2. The van der Waals surface area contributed by atoms with Crippen molar-refractivity contribution in [3.8, 4) is 0 Å². The van der Waals surface area contributed by atoms with Gasteiger partial charge in [0.1, 0.15) is 0 Å². The van der Waals surface area contributed by atoms with Gasteiger partial charge in [0.2, 0.25) is 0 Å². The first-order valence-corrected chi connectivity index (χ1v) is 14.5. The molecule has 0 aromatic carbocycles. The van der Waals surface area contributed by atoms with E-state index in [2.05, 4.69) is 46.9 Å². The van der Waals surface area contributed by atoms with Crippen molar-refractivity contribution in [3.63, 3.8) is 0 Å². The molecule has 8 nitrogen and oxygen atoms in total. The summed E-state index contributed by atoms with van der Waals surface area (Å²) in [6.45, 7) is 8.79. The molecule has 2 aliphatic heterocycles. The highest BCUT2D eigenvalue weighted by Crippen LogP contribution is 2.37. The van der Waals surface area contributed by atoms with E-state index < -0.39 is 0 Å². The Bertz CT molecular complexity index is 658. The summed E-state index contributed by atoms with van der Waals surface area (Å²) < 4.78 is 5.75. The second-order valence-electron chi connectivity index (χ2n) is 12.2. The van der Waals surface area contributed by atoms with Crippen LogP contribution in [0.1, 0.15) is 78.1 Å². The second kappa shape index (κ2) is 13.0. The van der Waals surface area contributed by atoms with Crippen LogP contribution in [0.2, 0.25) is 0 Å². The Morgan fingerprint density at radius 3 is 2.63 bits per heavy atom. The molecule has 2 saturated carbocycles. The minimum absolute atomic E-state index is 0.140. The molecule has 35 heavy (non-hydrogen) atoms. The minimum atomic E-state index is -0.215. The van der Waals surface area contributed by atoms with Gasteiger partial charge in [-0.05, 0) is 77.2 Å². The number of carbonyl (C=O) groups excluding carboxylic acids is 1. The molecule has 0 bridgehead atoms. The molecule has 2 aliphatic carbocycles. The van der Waals surface area contributed by atoms with Crippen molar-refractivity contribution in [2.24, 2.45) is 29.4 Å². The zero-order chi connectivity index (χ0) is 24.8. The van der Waals surface area contributed by atoms with E-state index >= 15 is 0 Å². The van der Waals surface area contributed by atoms with Crippen molar-refractivity contribution >= 4 is 6.09 Å². The predicted molar refractivity (Wildman–Crippen MR) is 141 cm³/mol. The van der Waals surface area contributed by atoms with Crippen LogP contribution >= 0.6 is 0 Å². The monoisotopic (exact) mass is 492 g/mol. The van der Waals surface area contributed by atoms with Crippen LogP contribution in [-0.4, -0.2) is 80.1 Å². The number of nitrogens with two attached hydrogens (primary N) is 1. The maximum absolute atomic E-state index is 12.9. The van der Waals surface area contributed by atoms with E-state index in [1.807, 2.05) is 0 Å². The summed E-state index contributed by atoms with van der Waals surface area (Å²) >= 11 is 0. The summed E-state index contributed by atoms with van der Waals surface area (Å²) in [4.78, 5) is 15.3. The first kappa shape index (κ1) is 27.1. The van der Waals surface area contributed by atoms with E-state index in [0.29, 0.717) is 36.4 Å². The molecule has 1 amide bonds. The fourth-order valence-electron chi connectivity index (χ4n) is 7.28. The highest BCUT2D eigenvalue weighted by Gasteiger charge is 2.47. The molecule has 2 heterocycles. The number of carbonyl (C=O) groups is 1. The first-order valence-electron chi connectivity index (χ1n) is 14.5. The lowest BCUT2D eigenvalue weighted by Gasteiger charge is -2.46. The normalized spacial score (nSPS) is 34.8. The summed E-state index contributed by atoms with van der Waals surface area (Å²) in [6.07, 6.45) is 12.4. The van der Waals surface area contributed by atoms with Gasteiger partial charge in [0.25, 0.3) is 0 Å². The van der Waals surface area contributed by atoms with Crippen molar-refractivity contribution in [2.45, 2.75) is 102 Å². The van der Waals surface area contributed by atoms with Crippen LogP contribution in [-0.2, 0) is 4.74 Å². The number of hydrazine groups is 1. The number of rotatable bonds is 9. The Kier molecular flexibility index (Phi) is 10.1. The van der Waals surface area contributed by atoms with Gasteiger partial charge in [0, 0.05) is 50.2 Å². The molecule has 4 rings (SSSR count). The lowest BCUT2D eigenvalue weighted by molar-refractivity contribution is 0.0365. The molecule has 0 spiro atoms. The van der Waals surface area contributed by atoms with Crippen LogP contribution < -0.4 is 21.8 Å². The van der Waals surface area contributed by atoms with E-state index in [0.717, 1.165) is 38.5 Å². The van der Waals surface area contributed by atoms with Crippen molar-refractivity contribution in [2.75, 3.05) is 39.8 Å². The molecular weight excluding hydrogens is 440 g/mol. The van der Waals surface area contributed by atoms with Gasteiger partial charge in [0.05, 0.1) is 12.8 Å². The lowest BCUT2D eigenvalue weighted by atomic mass is 9.73. The summed E-state index contributed by atoms with van der Waals surface area (Å²) in [7, 11) is 2.20. The molecule has 5 N–H and O–H groups in total. The Morgan fingerprint density at radius 2 is 1.89 bits per heavy atom. The van der Waals surface area contributed by atoms with Crippen LogP contribution in [0.15, 0.2) is 0 Å². The summed E-state index contributed by atoms with van der Waals surface area (Å²) in [5, 5.41) is 9.74. The summed E-state index contributed by atoms with van der Waals surface area (Å²) in [5.41, 5.74) is 9.40. The molecule has 8 heteroatoms. The second-order valence-corrected chi connectivity index (χ2v) is 12.2. The zero-order valence-corrected chi connectivity index (χ0v) is 22.5. The summed E-state index contributed by atoms with van der Waals surface area (Å²) in [6, 6.07) is 0.962. The number of alkyl carbamates (subject to hydrolysis) is 1. The first-order chi connectivity index (χ1) is 16.9. The molecule has 2 saturated heterocycles. The molecule has 0 radical (unpaired) electrons. The van der Waals surface area contributed by atoms with Crippen molar-refractivity contribution in [3.05, 3.63) is 0 Å². The number of piperidine rings is 1. The van der Waals surface area contributed by atoms with Gasteiger partial charge in [-0.15, -0.1) is 0 Å². The van der Waals surface area contributed by atoms with Crippen LogP contribution in [0.4, 0.5) is 4.79 Å². The lowest BCUT2D eigenvalue weighted by Crippen LogP contribution is -2.64. The third-order valence-electron chi connectivity index (χ3n) is 9.13. The third kappa shape index (κ3) is 7.31. The number of likely N-dealkylation sites (N-methyl/N-ethyl adjacent to an activating group) is 1. The highest BCUT2D eigenvalue weighted by molar-refractivity contribution is 5.67. The number of fused-ring (bicyclic) bond motifs is 1. The molecule has 0 aromatic heterocycles. The van der Waals surface area contributed by atoms with E-state index in [1.54, 1.807) is 0 Å². The third-order valence-corrected chi connectivity index (χ3v) is 9.13. The van der Waals surface area contributed by atoms with Crippen LogP contribution in [0.25, 0.3) is 0 Å². The number of amides is 1. The van der Waals surface area contributed by atoms with Crippen molar-refractivity contribution < 1.29 is 9.53 Å². The molecule has 4 aliphatic rings. The smallest absolute Gasteiger partial charge is 0.407 e. The highest BCUT2D eigenvalue weighted by atomic mass is 16.5. The Balaban J connectivity index is 1.37. The molecule has 6 atom stereocenters. The van der Waals surface area contributed by atoms with Gasteiger partial charge < -0.3 is 20.7 Å². The maximum atomic E-state index is 12.9. The van der Waals surface area contributed by atoms with E-state index in [4.69, 9.17) is 10.5 Å². The van der Waals surface area contributed by atoms with Gasteiger partial charge >= 0.3 is 6.09 Å². The number of hydrogen-bond donors (Lipinski definition) is 4. The van der Waals surface area contributed by atoms with Crippen molar-refractivity contribution in [1.29, 1.82) is 0 Å². The van der Waals surface area contributed by atoms with Gasteiger partial charge in [-0.2, -0.15) is 0 Å². The van der Waals surface area contributed by atoms with E-state index in [1.165, 1.54) is 57.8 Å². The van der Waals surface area contributed by atoms with Gasteiger partial charge in [0.15, 0.2) is 0 Å². The van der Waals surface area contributed by atoms with Crippen molar-refractivity contribution in [1.82, 2.24) is 26.0 Å².